The third-order valence-electron chi connectivity index (χ3n) is 2.72. The number of nitrogens with zero attached hydrogens (tertiary/aromatic N) is 1. The van der Waals surface area contributed by atoms with Crippen LogP contribution in [0.2, 0.25) is 0 Å². The van der Waals surface area contributed by atoms with Gasteiger partial charge in [0.25, 0.3) is 0 Å². The van der Waals surface area contributed by atoms with E-state index in [1.165, 1.54) is 4.90 Å². The molecular formula is C14H20N2O3S. The summed E-state index contributed by atoms with van der Waals surface area (Å²) < 4.78 is 0. The number of anilines is 1. The lowest BCUT2D eigenvalue weighted by atomic mass is 10.2. The van der Waals surface area contributed by atoms with Gasteiger partial charge in [0.2, 0.25) is 0 Å². The number of aliphatic carboxylic acids is 1. The van der Waals surface area contributed by atoms with E-state index in [-0.39, 0.29) is 19.0 Å². The second-order valence-corrected chi connectivity index (χ2v) is 5.34. The van der Waals surface area contributed by atoms with Gasteiger partial charge >= 0.3 is 12.0 Å². The molecule has 1 rings (SSSR count). The quantitative estimate of drug-likeness (QED) is 0.758. The summed E-state index contributed by atoms with van der Waals surface area (Å²) in [5.41, 5.74) is 1.80. The van der Waals surface area contributed by atoms with Crippen LogP contribution in [0.4, 0.5) is 10.5 Å². The van der Waals surface area contributed by atoms with Crippen LogP contribution in [0, 0.1) is 6.92 Å². The topological polar surface area (TPSA) is 69.6 Å². The summed E-state index contributed by atoms with van der Waals surface area (Å²) in [5.74, 6) is -0.0918. The number of hydrogen-bond acceptors (Lipinski definition) is 3. The van der Waals surface area contributed by atoms with Gasteiger partial charge in [0.1, 0.15) is 0 Å². The Morgan fingerprint density at radius 3 is 2.50 bits per heavy atom. The molecule has 0 unspecified atom stereocenters. The lowest BCUT2D eigenvalue weighted by molar-refractivity contribution is -0.136. The minimum Gasteiger partial charge on any atom is -0.481 e. The maximum atomic E-state index is 12.1. The molecule has 0 bridgehead atoms. The number of carboxylic acids is 1. The lowest BCUT2D eigenvalue weighted by Gasteiger charge is -2.22. The van der Waals surface area contributed by atoms with Gasteiger partial charge in [0.05, 0.1) is 6.42 Å². The standard InChI is InChI=1S/C14H20N2O3S/c1-11-3-5-12(6-4-11)16(9-7-13(17)18)14(19)15-8-10-20-2/h3-6H,7-10H2,1-2H3,(H,15,19)(H,17,18). The molecule has 0 aliphatic rings. The molecule has 0 saturated carbocycles. The number of aryl methyl sites for hydroxylation is 1. The van der Waals surface area contributed by atoms with E-state index in [0.29, 0.717) is 12.2 Å². The van der Waals surface area contributed by atoms with Gasteiger partial charge in [-0.1, -0.05) is 17.7 Å². The number of carbonyl (C=O) groups excluding carboxylic acids is 1. The highest BCUT2D eigenvalue weighted by atomic mass is 32.2. The molecule has 5 nitrogen and oxygen atoms in total. The van der Waals surface area contributed by atoms with E-state index in [0.717, 1.165) is 11.3 Å². The smallest absolute Gasteiger partial charge is 0.321 e. The average Bonchev–Trinajstić information content (AvgIpc) is 2.41. The van der Waals surface area contributed by atoms with Crippen LogP contribution in [0.25, 0.3) is 0 Å². The first-order valence-electron chi connectivity index (χ1n) is 6.37. The first kappa shape index (κ1) is 16.4. The van der Waals surface area contributed by atoms with Gasteiger partial charge < -0.3 is 10.4 Å². The van der Waals surface area contributed by atoms with Crippen LogP contribution in [0.15, 0.2) is 24.3 Å². The average molecular weight is 296 g/mol. The monoisotopic (exact) mass is 296 g/mol. The van der Waals surface area contributed by atoms with E-state index in [2.05, 4.69) is 5.32 Å². The van der Waals surface area contributed by atoms with Crippen molar-refractivity contribution in [3.8, 4) is 0 Å². The van der Waals surface area contributed by atoms with Gasteiger partial charge in [-0.05, 0) is 25.3 Å². The Hall–Kier alpha value is -1.69. The summed E-state index contributed by atoms with van der Waals surface area (Å²) in [6, 6.07) is 7.19. The molecule has 0 aliphatic heterocycles. The molecule has 0 aliphatic carbocycles. The predicted molar refractivity (Wildman–Crippen MR) is 82.6 cm³/mol. The van der Waals surface area contributed by atoms with E-state index < -0.39 is 5.97 Å². The van der Waals surface area contributed by atoms with Gasteiger partial charge in [0, 0.05) is 24.5 Å². The normalized spacial score (nSPS) is 10.1. The zero-order valence-electron chi connectivity index (χ0n) is 11.8. The zero-order chi connectivity index (χ0) is 15.0. The summed E-state index contributed by atoms with van der Waals surface area (Å²) in [7, 11) is 0. The molecular weight excluding hydrogens is 276 g/mol. The van der Waals surface area contributed by atoms with Crippen molar-refractivity contribution in [2.75, 3.05) is 30.0 Å². The van der Waals surface area contributed by atoms with Crippen molar-refractivity contribution in [1.82, 2.24) is 5.32 Å². The summed E-state index contributed by atoms with van der Waals surface area (Å²) in [5, 5.41) is 11.6. The summed E-state index contributed by atoms with van der Waals surface area (Å²) in [6.45, 7) is 2.68. The van der Waals surface area contributed by atoms with Gasteiger partial charge in [-0.3, -0.25) is 9.69 Å². The van der Waals surface area contributed by atoms with Crippen molar-refractivity contribution in [2.24, 2.45) is 0 Å². The third-order valence-corrected chi connectivity index (χ3v) is 3.33. The number of urea groups is 1. The highest BCUT2D eigenvalue weighted by Gasteiger charge is 2.16. The number of hydrogen-bond donors (Lipinski definition) is 2. The molecule has 2 N–H and O–H groups in total. The fourth-order valence-corrected chi connectivity index (χ4v) is 1.94. The fourth-order valence-electron chi connectivity index (χ4n) is 1.64. The Morgan fingerprint density at radius 2 is 1.95 bits per heavy atom. The zero-order valence-corrected chi connectivity index (χ0v) is 12.6. The molecule has 0 saturated heterocycles. The molecule has 0 radical (unpaired) electrons. The van der Waals surface area contributed by atoms with Crippen molar-refractivity contribution in [2.45, 2.75) is 13.3 Å². The van der Waals surface area contributed by atoms with E-state index >= 15 is 0 Å². The Kier molecular flexibility index (Phi) is 6.93. The van der Waals surface area contributed by atoms with Gasteiger partial charge in [-0.2, -0.15) is 11.8 Å². The first-order valence-corrected chi connectivity index (χ1v) is 7.76. The minimum absolute atomic E-state index is 0.0795. The van der Waals surface area contributed by atoms with Gasteiger partial charge in [-0.15, -0.1) is 0 Å². The molecule has 1 aromatic rings. The fraction of sp³-hybridized carbons (Fsp3) is 0.429. The maximum absolute atomic E-state index is 12.1. The van der Waals surface area contributed by atoms with Crippen LogP contribution >= 0.6 is 11.8 Å². The molecule has 0 spiro atoms. The second-order valence-electron chi connectivity index (χ2n) is 4.36. The predicted octanol–water partition coefficient (Wildman–Crippen LogP) is 2.35. The summed E-state index contributed by atoms with van der Waals surface area (Å²) in [6.07, 6.45) is 1.89. The van der Waals surface area contributed by atoms with Crippen LogP contribution in [0.3, 0.4) is 0 Å². The second kappa shape index (κ2) is 8.47. The number of benzene rings is 1. The molecule has 0 atom stereocenters. The Bertz CT molecular complexity index is 448. The van der Waals surface area contributed by atoms with Crippen LogP contribution in [0.1, 0.15) is 12.0 Å². The molecule has 6 heteroatoms. The number of carboxylic acid groups (broad SMARTS) is 1. The lowest BCUT2D eigenvalue weighted by Crippen LogP contribution is -2.42. The highest BCUT2D eigenvalue weighted by Crippen LogP contribution is 2.15. The van der Waals surface area contributed by atoms with Crippen molar-refractivity contribution in [3.63, 3.8) is 0 Å². The number of carbonyl (C=O) groups is 2. The SMILES string of the molecule is CSCCNC(=O)N(CCC(=O)O)c1ccc(C)cc1. The molecule has 0 heterocycles. The van der Waals surface area contributed by atoms with E-state index in [1.807, 2.05) is 37.4 Å². The molecule has 2 amide bonds. The highest BCUT2D eigenvalue weighted by molar-refractivity contribution is 7.98. The van der Waals surface area contributed by atoms with Crippen LogP contribution in [-0.4, -0.2) is 42.2 Å². The van der Waals surface area contributed by atoms with Crippen molar-refractivity contribution in [1.29, 1.82) is 0 Å². The summed E-state index contributed by atoms with van der Waals surface area (Å²) in [4.78, 5) is 24.3. The van der Waals surface area contributed by atoms with Crippen LogP contribution in [-0.2, 0) is 4.79 Å². The molecule has 0 fully saturated rings. The van der Waals surface area contributed by atoms with Crippen LogP contribution < -0.4 is 10.2 Å². The van der Waals surface area contributed by atoms with Gasteiger partial charge in [0.15, 0.2) is 0 Å². The van der Waals surface area contributed by atoms with E-state index in [1.54, 1.807) is 11.8 Å². The van der Waals surface area contributed by atoms with Gasteiger partial charge in [-0.25, -0.2) is 4.79 Å². The van der Waals surface area contributed by atoms with E-state index in [9.17, 15) is 9.59 Å². The summed E-state index contributed by atoms with van der Waals surface area (Å²) >= 11 is 1.64. The minimum atomic E-state index is -0.918. The Balaban J connectivity index is 2.75. The molecule has 110 valence electrons. The maximum Gasteiger partial charge on any atom is 0.321 e. The molecule has 1 aromatic carbocycles. The Labute approximate surface area is 123 Å². The van der Waals surface area contributed by atoms with Crippen molar-refractivity contribution >= 4 is 29.4 Å². The third kappa shape index (κ3) is 5.52. The van der Waals surface area contributed by atoms with E-state index in [4.69, 9.17) is 5.11 Å². The number of thioether (sulfide) groups is 1. The Morgan fingerprint density at radius 1 is 1.30 bits per heavy atom. The number of rotatable bonds is 7. The van der Waals surface area contributed by atoms with Crippen molar-refractivity contribution in [3.05, 3.63) is 29.8 Å². The first-order chi connectivity index (χ1) is 9.54. The largest absolute Gasteiger partial charge is 0.481 e. The molecule has 20 heavy (non-hydrogen) atoms. The molecule has 0 aromatic heterocycles. The number of nitrogens with one attached hydrogen (secondary N) is 1. The number of amides is 2. The van der Waals surface area contributed by atoms with Crippen LogP contribution in [0.5, 0.6) is 0 Å². The van der Waals surface area contributed by atoms with Crippen molar-refractivity contribution < 1.29 is 14.7 Å².